The lowest BCUT2D eigenvalue weighted by molar-refractivity contribution is 0.138. The van der Waals surface area contributed by atoms with Crippen LogP contribution in [-0.4, -0.2) is 52.3 Å². The molecule has 0 radical (unpaired) electrons. The maximum Gasteiger partial charge on any atom is 0.245 e. The first kappa shape index (κ1) is 12.8. The molecule has 0 saturated carbocycles. The molecule has 1 aliphatic heterocycles. The van der Waals surface area contributed by atoms with Gasteiger partial charge in [0.1, 0.15) is 0 Å². The molecule has 0 unspecified atom stereocenters. The van der Waals surface area contributed by atoms with Crippen molar-refractivity contribution in [2.24, 2.45) is 0 Å². The summed E-state index contributed by atoms with van der Waals surface area (Å²) >= 11 is 11.8. The normalized spacial score (nSPS) is 20.6. The van der Waals surface area contributed by atoms with E-state index in [-0.39, 0.29) is 10.8 Å². The number of halogens is 2. The number of aromatic nitrogens is 3. The summed E-state index contributed by atoms with van der Waals surface area (Å²) in [5.41, 5.74) is 0.0685. The van der Waals surface area contributed by atoms with E-state index in [1.807, 2.05) is 0 Å². The van der Waals surface area contributed by atoms with Crippen LogP contribution in [0, 0.1) is 0 Å². The largest absolute Gasteiger partial charge is 0.351 e. The molecule has 5 nitrogen and oxygen atoms in total. The van der Waals surface area contributed by atoms with Gasteiger partial charge in [-0.2, -0.15) is 4.98 Å². The van der Waals surface area contributed by atoms with Gasteiger partial charge in [0.15, 0.2) is 11.0 Å². The maximum atomic E-state index is 6.01. The summed E-state index contributed by atoms with van der Waals surface area (Å²) in [5.74, 6) is 0.618. The van der Waals surface area contributed by atoms with Crippen LogP contribution in [0.15, 0.2) is 0 Å². The zero-order valence-electron chi connectivity index (χ0n) is 10.1. The standard InChI is InChI=1S/C10H15Cl2N5/c1-10(2)6-17(5-4-16(10)3)8-7(11)14-15-9(12)13-8/h4-6H2,1-3H3. The van der Waals surface area contributed by atoms with Crippen molar-refractivity contribution in [3.63, 3.8) is 0 Å². The zero-order valence-corrected chi connectivity index (χ0v) is 11.6. The van der Waals surface area contributed by atoms with Gasteiger partial charge in [-0.05, 0) is 32.5 Å². The molecule has 0 bridgehead atoms. The fourth-order valence-corrected chi connectivity index (χ4v) is 2.23. The third kappa shape index (κ3) is 2.61. The molecule has 0 spiro atoms. The first-order chi connectivity index (χ1) is 7.90. The van der Waals surface area contributed by atoms with Crippen LogP contribution < -0.4 is 4.90 Å². The number of rotatable bonds is 1. The fourth-order valence-electron chi connectivity index (χ4n) is 1.91. The molecule has 2 heterocycles. The van der Waals surface area contributed by atoms with E-state index < -0.39 is 0 Å². The van der Waals surface area contributed by atoms with Crippen molar-refractivity contribution in [1.29, 1.82) is 0 Å². The Morgan fingerprint density at radius 1 is 1.18 bits per heavy atom. The van der Waals surface area contributed by atoms with Crippen molar-refractivity contribution in [2.45, 2.75) is 19.4 Å². The van der Waals surface area contributed by atoms with Crippen molar-refractivity contribution in [3.05, 3.63) is 10.4 Å². The Morgan fingerprint density at radius 3 is 2.53 bits per heavy atom. The van der Waals surface area contributed by atoms with E-state index in [1.165, 1.54) is 0 Å². The predicted octanol–water partition coefficient (Wildman–Crippen LogP) is 1.71. The van der Waals surface area contributed by atoms with Crippen LogP contribution >= 0.6 is 23.2 Å². The molecule has 0 N–H and O–H groups in total. The summed E-state index contributed by atoms with van der Waals surface area (Å²) in [6.07, 6.45) is 0. The molecule has 0 aromatic carbocycles. The molecule has 1 aromatic heterocycles. The molecular formula is C10H15Cl2N5. The van der Waals surface area contributed by atoms with E-state index in [4.69, 9.17) is 23.2 Å². The minimum absolute atomic E-state index is 0.0685. The maximum absolute atomic E-state index is 6.01. The average Bonchev–Trinajstić information content (AvgIpc) is 2.25. The van der Waals surface area contributed by atoms with Crippen molar-refractivity contribution in [3.8, 4) is 0 Å². The Balaban J connectivity index is 2.26. The van der Waals surface area contributed by atoms with Gasteiger partial charge >= 0.3 is 0 Å². The lowest BCUT2D eigenvalue weighted by atomic mass is 10.00. The molecule has 1 aromatic rings. The Bertz CT molecular complexity index is 423. The second kappa shape index (κ2) is 4.55. The van der Waals surface area contributed by atoms with Gasteiger partial charge in [-0.25, -0.2) is 0 Å². The second-order valence-corrected chi connectivity index (χ2v) is 5.55. The summed E-state index contributed by atoms with van der Waals surface area (Å²) < 4.78 is 0. The minimum atomic E-state index is 0.0685. The van der Waals surface area contributed by atoms with Crippen molar-refractivity contribution < 1.29 is 0 Å². The van der Waals surface area contributed by atoms with Crippen LogP contribution in [0.2, 0.25) is 10.4 Å². The lowest BCUT2D eigenvalue weighted by Crippen LogP contribution is -2.58. The quantitative estimate of drug-likeness (QED) is 0.781. The third-order valence-electron chi connectivity index (χ3n) is 3.22. The average molecular weight is 276 g/mol. The molecule has 1 aliphatic rings. The van der Waals surface area contributed by atoms with Crippen LogP contribution in [0.5, 0.6) is 0 Å². The minimum Gasteiger partial charge on any atom is -0.351 e. The summed E-state index contributed by atoms with van der Waals surface area (Å²) in [6.45, 7) is 7.00. The first-order valence-corrected chi connectivity index (χ1v) is 6.17. The van der Waals surface area contributed by atoms with E-state index in [0.29, 0.717) is 11.0 Å². The zero-order chi connectivity index (χ0) is 12.6. The predicted molar refractivity (Wildman–Crippen MR) is 68.8 cm³/mol. The molecular weight excluding hydrogens is 261 g/mol. The molecule has 0 amide bonds. The fraction of sp³-hybridized carbons (Fsp3) is 0.700. The Labute approximate surface area is 111 Å². The monoisotopic (exact) mass is 275 g/mol. The number of piperazine rings is 1. The van der Waals surface area contributed by atoms with Gasteiger partial charge in [-0.3, -0.25) is 4.90 Å². The SMILES string of the molecule is CN1CCN(c2nc(Cl)nnc2Cl)CC1(C)C. The van der Waals surface area contributed by atoms with Crippen molar-refractivity contribution in [1.82, 2.24) is 20.1 Å². The second-order valence-electron chi connectivity index (χ2n) is 4.85. The Kier molecular flexibility index (Phi) is 3.43. The Morgan fingerprint density at radius 2 is 1.88 bits per heavy atom. The number of hydrogen-bond donors (Lipinski definition) is 0. The Hall–Kier alpha value is -0.650. The van der Waals surface area contributed by atoms with Gasteiger partial charge in [0.25, 0.3) is 0 Å². The highest BCUT2D eigenvalue weighted by molar-refractivity contribution is 6.32. The van der Waals surface area contributed by atoms with Crippen LogP contribution in [-0.2, 0) is 0 Å². The summed E-state index contributed by atoms with van der Waals surface area (Å²) in [6, 6.07) is 0. The van der Waals surface area contributed by atoms with Gasteiger partial charge in [0.2, 0.25) is 5.28 Å². The summed E-state index contributed by atoms with van der Waals surface area (Å²) in [4.78, 5) is 8.57. The highest BCUT2D eigenvalue weighted by atomic mass is 35.5. The first-order valence-electron chi connectivity index (χ1n) is 5.42. The van der Waals surface area contributed by atoms with Gasteiger partial charge in [-0.1, -0.05) is 11.6 Å². The topological polar surface area (TPSA) is 45.2 Å². The van der Waals surface area contributed by atoms with E-state index >= 15 is 0 Å². The highest BCUT2D eigenvalue weighted by Crippen LogP contribution is 2.27. The van der Waals surface area contributed by atoms with Crippen LogP contribution in [0.4, 0.5) is 5.82 Å². The number of hydrogen-bond acceptors (Lipinski definition) is 5. The molecule has 94 valence electrons. The number of anilines is 1. The van der Waals surface area contributed by atoms with Crippen molar-refractivity contribution in [2.75, 3.05) is 31.6 Å². The van der Waals surface area contributed by atoms with Crippen LogP contribution in [0.3, 0.4) is 0 Å². The van der Waals surface area contributed by atoms with Crippen molar-refractivity contribution >= 4 is 29.0 Å². The van der Waals surface area contributed by atoms with E-state index in [2.05, 4.69) is 45.9 Å². The van der Waals surface area contributed by atoms with E-state index in [0.717, 1.165) is 19.6 Å². The number of nitrogens with zero attached hydrogens (tertiary/aromatic N) is 5. The lowest BCUT2D eigenvalue weighted by Gasteiger charge is -2.45. The number of likely N-dealkylation sites (N-methyl/N-ethyl adjacent to an activating group) is 1. The van der Waals surface area contributed by atoms with Gasteiger partial charge < -0.3 is 4.90 Å². The molecule has 1 fully saturated rings. The smallest absolute Gasteiger partial charge is 0.245 e. The molecule has 0 atom stereocenters. The molecule has 17 heavy (non-hydrogen) atoms. The van der Waals surface area contributed by atoms with Crippen LogP contribution in [0.1, 0.15) is 13.8 Å². The third-order valence-corrected chi connectivity index (χ3v) is 3.62. The summed E-state index contributed by atoms with van der Waals surface area (Å²) in [7, 11) is 2.12. The van der Waals surface area contributed by atoms with E-state index in [9.17, 15) is 0 Å². The van der Waals surface area contributed by atoms with Gasteiger partial charge in [0, 0.05) is 25.2 Å². The molecule has 2 rings (SSSR count). The summed E-state index contributed by atoms with van der Waals surface area (Å²) in [5, 5.41) is 7.83. The van der Waals surface area contributed by atoms with Gasteiger partial charge in [0.05, 0.1) is 0 Å². The van der Waals surface area contributed by atoms with Gasteiger partial charge in [-0.15, -0.1) is 10.2 Å². The molecule has 7 heteroatoms. The highest BCUT2D eigenvalue weighted by Gasteiger charge is 2.32. The van der Waals surface area contributed by atoms with E-state index in [1.54, 1.807) is 0 Å². The molecule has 0 aliphatic carbocycles. The van der Waals surface area contributed by atoms with Crippen LogP contribution in [0.25, 0.3) is 0 Å². The molecule has 1 saturated heterocycles.